The number of hydrogen-bond acceptors (Lipinski definition) is 4. The van der Waals surface area contributed by atoms with Gasteiger partial charge in [-0.2, -0.15) is 0 Å². The molecule has 1 atom stereocenters. The van der Waals surface area contributed by atoms with Crippen molar-refractivity contribution < 1.29 is 14.5 Å². The number of nitrogens with zero attached hydrogens (tertiary/aromatic N) is 1. The van der Waals surface area contributed by atoms with Gasteiger partial charge in [0.25, 0.3) is 0 Å². The number of carbonyl (C=O) groups excluding carboxylic acids is 2. The van der Waals surface area contributed by atoms with E-state index in [-0.39, 0.29) is 18.0 Å². The molecule has 0 aromatic heterocycles. The van der Waals surface area contributed by atoms with Crippen LogP contribution in [0.15, 0.2) is 0 Å². The average molecular weight is 215 g/mol. The minimum Gasteiger partial charge on any atom is -0.300 e. The Hall–Kier alpha value is -1.26. The molecule has 0 radical (unpaired) electrons. The van der Waals surface area contributed by atoms with Gasteiger partial charge in [-0.25, -0.2) is 0 Å². The van der Waals surface area contributed by atoms with Crippen molar-refractivity contribution in [3.05, 3.63) is 10.1 Å². The third kappa shape index (κ3) is 3.77. The first-order valence-electron chi connectivity index (χ1n) is 5.02. The van der Waals surface area contributed by atoms with Crippen LogP contribution in [-0.2, 0) is 9.59 Å². The van der Waals surface area contributed by atoms with Crippen LogP contribution in [0.3, 0.4) is 0 Å². The number of rotatable bonds is 7. The van der Waals surface area contributed by atoms with Crippen molar-refractivity contribution in [3.8, 4) is 0 Å². The van der Waals surface area contributed by atoms with Crippen molar-refractivity contribution in [1.82, 2.24) is 0 Å². The van der Waals surface area contributed by atoms with Gasteiger partial charge in [0, 0.05) is 17.8 Å². The van der Waals surface area contributed by atoms with Crippen molar-refractivity contribution in [1.29, 1.82) is 0 Å². The zero-order chi connectivity index (χ0) is 12.1. The van der Waals surface area contributed by atoms with E-state index in [4.69, 9.17) is 0 Å². The van der Waals surface area contributed by atoms with Crippen molar-refractivity contribution in [2.75, 3.05) is 6.54 Å². The van der Waals surface area contributed by atoms with Gasteiger partial charge in [0.05, 0.1) is 5.41 Å². The number of Topliss-reactive ketones (excluding diaryl/α,β-unsaturated/α-hetero) is 2. The maximum atomic E-state index is 11.4. The molecule has 86 valence electrons. The van der Waals surface area contributed by atoms with Crippen LogP contribution in [0.5, 0.6) is 0 Å². The molecule has 0 aliphatic heterocycles. The lowest BCUT2D eigenvalue weighted by molar-refractivity contribution is -0.493. The lowest BCUT2D eigenvalue weighted by Crippen LogP contribution is -2.38. The predicted octanol–water partition coefficient (Wildman–Crippen LogP) is 1.62. The second-order valence-electron chi connectivity index (χ2n) is 3.75. The van der Waals surface area contributed by atoms with E-state index in [9.17, 15) is 19.7 Å². The first-order valence-corrected chi connectivity index (χ1v) is 5.02. The monoisotopic (exact) mass is 215 g/mol. The molecule has 5 heteroatoms. The van der Waals surface area contributed by atoms with Crippen molar-refractivity contribution >= 4 is 11.6 Å². The first kappa shape index (κ1) is 13.7. The largest absolute Gasteiger partial charge is 0.300 e. The Bertz CT molecular complexity index is 275. The first-order chi connectivity index (χ1) is 6.88. The van der Waals surface area contributed by atoms with Crippen LogP contribution >= 0.6 is 0 Å². The van der Waals surface area contributed by atoms with E-state index in [0.29, 0.717) is 12.8 Å². The standard InChI is InChI=1S/C10H17NO4/c1-4-9(13)6-10(5-2,8(3)12)7-11(14)15/h4-7H2,1-3H3. The summed E-state index contributed by atoms with van der Waals surface area (Å²) in [5, 5.41) is 10.5. The zero-order valence-electron chi connectivity index (χ0n) is 9.41. The van der Waals surface area contributed by atoms with Crippen molar-refractivity contribution in [3.63, 3.8) is 0 Å². The molecular formula is C10H17NO4. The summed E-state index contributed by atoms with van der Waals surface area (Å²) in [6.07, 6.45) is 0.623. The lowest BCUT2D eigenvalue weighted by atomic mass is 9.76. The molecule has 0 aliphatic rings. The third-order valence-corrected chi connectivity index (χ3v) is 2.79. The second-order valence-corrected chi connectivity index (χ2v) is 3.75. The fraction of sp³-hybridized carbons (Fsp3) is 0.800. The summed E-state index contributed by atoms with van der Waals surface area (Å²) in [4.78, 5) is 32.7. The molecule has 0 saturated heterocycles. The summed E-state index contributed by atoms with van der Waals surface area (Å²) in [6, 6.07) is 0. The molecule has 0 aromatic carbocycles. The molecule has 0 aliphatic carbocycles. The maximum Gasteiger partial charge on any atom is 0.216 e. The van der Waals surface area contributed by atoms with Gasteiger partial charge in [0.1, 0.15) is 11.6 Å². The molecule has 0 bridgehead atoms. The number of carbonyl (C=O) groups is 2. The highest BCUT2D eigenvalue weighted by Crippen LogP contribution is 2.29. The van der Waals surface area contributed by atoms with Gasteiger partial charge in [-0.1, -0.05) is 13.8 Å². The average Bonchev–Trinajstić information content (AvgIpc) is 2.15. The smallest absolute Gasteiger partial charge is 0.216 e. The van der Waals surface area contributed by atoms with E-state index < -0.39 is 16.9 Å². The third-order valence-electron chi connectivity index (χ3n) is 2.79. The highest BCUT2D eigenvalue weighted by molar-refractivity contribution is 5.89. The quantitative estimate of drug-likeness (QED) is 0.477. The summed E-state index contributed by atoms with van der Waals surface area (Å²) < 4.78 is 0. The topological polar surface area (TPSA) is 77.3 Å². The van der Waals surface area contributed by atoms with Gasteiger partial charge >= 0.3 is 0 Å². The Labute approximate surface area is 89.0 Å². The molecule has 5 nitrogen and oxygen atoms in total. The van der Waals surface area contributed by atoms with Gasteiger partial charge in [-0.05, 0) is 13.3 Å². The highest BCUT2D eigenvalue weighted by Gasteiger charge is 2.40. The van der Waals surface area contributed by atoms with Crippen LogP contribution in [-0.4, -0.2) is 23.0 Å². The predicted molar refractivity (Wildman–Crippen MR) is 55.2 cm³/mol. The summed E-state index contributed by atoms with van der Waals surface area (Å²) in [5.74, 6) is -0.377. The van der Waals surface area contributed by atoms with Crippen LogP contribution in [0.1, 0.15) is 40.0 Å². The summed E-state index contributed by atoms with van der Waals surface area (Å²) in [5.41, 5.74) is -1.10. The highest BCUT2D eigenvalue weighted by atomic mass is 16.6. The van der Waals surface area contributed by atoms with E-state index in [1.54, 1.807) is 13.8 Å². The van der Waals surface area contributed by atoms with Crippen molar-refractivity contribution in [2.45, 2.75) is 40.0 Å². The molecule has 1 unspecified atom stereocenters. The minimum atomic E-state index is -1.10. The fourth-order valence-corrected chi connectivity index (χ4v) is 1.53. The Morgan fingerprint density at radius 3 is 2.13 bits per heavy atom. The number of hydrogen-bond donors (Lipinski definition) is 0. The van der Waals surface area contributed by atoms with E-state index in [0.717, 1.165) is 0 Å². The SMILES string of the molecule is CCC(=O)CC(CC)(C[N+](=O)[O-])C(C)=O. The molecule has 0 saturated carbocycles. The molecule has 15 heavy (non-hydrogen) atoms. The summed E-state index contributed by atoms with van der Waals surface area (Å²) in [7, 11) is 0. The molecule has 0 rings (SSSR count). The molecule has 0 N–H and O–H groups in total. The lowest BCUT2D eigenvalue weighted by Gasteiger charge is -2.24. The van der Waals surface area contributed by atoms with E-state index in [1.807, 2.05) is 0 Å². The van der Waals surface area contributed by atoms with Gasteiger partial charge in [0.15, 0.2) is 0 Å². The minimum absolute atomic E-state index is 0.0175. The Morgan fingerprint density at radius 2 is 1.87 bits per heavy atom. The fourth-order valence-electron chi connectivity index (χ4n) is 1.53. The number of ketones is 2. The van der Waals surface area contributed by atoms with Crippen LogP contribution in [0.2, 0.25) is 0 Å². The molecule has 0 amide bonds. The van der Waals surface area contributed by atoms with E-state index >= 15 is 0 Å². The van der Waals surface area contributed by atoms with E-state index in [1.165, 1.54) is 6.92 Å². The normalized spacial score (nSPS) is 14.3. The molecular weight excluding hydrogens is 198 g/mol. The molecule has 0 heterocycles. The maximum absolute atomic E-state index is 11.4. The molecule has 0 spiro atoms. The Kier molecular flexibility index (Phi) is 5.11. The van der Waals surface area contributed by atoms with Gasteiger partial charge in [0.2, 0.25) is 6.54 Å². The van der Waals surface area contributed by atoms with Gasteiger partial charge in [-0.15, -0.1) is 0 Å². The van der Waals surface area contributed by atoms with E-state index in [2.05, 4.69) is 0 Å². The van der Waals surface area contributed by atoms with Crippen LogP contribution in [0, 0.1) is 15.5 Å². The van der Waals surface area contributed by atoms with Crippen LogP contribution in [0.25, 0.3) is 0 Å². The summed E-state index contributed by atoms with van der Waals surface area (Å²) in [6.45, 7) is 4.25. The Balaban J connectivity index is 4.89. The van der Waals surface area contributed by atoms with Crippen molar-refractivity contribution in [2.24, 2.45) is 5.41 Å². The molecule has 0 fully saturated rings. The van der Waals surface area contributed by atoms with Gasteiger partial charge in [-0.3, -0.25) is 19.7 Å². The van der Waals surface area contributed by atoms with Crippen LogP contribution in [0.4, 0.5) is 0 Å². The van der Waals surface area contributed by atoms with Crippen LogP contribution < -0.4 is 0 Å². The number of nitro groups is 1. The van der Waals surface area contributed by atoms with Gasteiger partial charge < -0.3 is 0 Å². The second kappa shape index (κ2) is 5.58. The summed E-state index contributed by atoms with van der Waals surface area (Å²) >= 11 is 0. The zero-order valence-corrected chi connectivity index (χ0v) is 9.41. The Morgan fingerprint density at radius 1 is 1.33 bits per heavy atom. The molecule has 0 aromatic rings.